The quantitative estimate of drug-likeness (QED) is 0.424. The maximum atomic E-state index is 12.9. The van der Waals surface area contributed by atoms with Crippen LogP contribution in [0.15, 0.2) is 29.6 Å². The first-order valence-electron chi connectivity index (χ1n) is 11.9. The SMILES string of the molecule is CCC1CCC2(CC1)NC(=O)N(CC(=O)OCc1csc(CC(=O)Nc3ccccc3C)n1)C2=O. The summed E-state index contributed by atoms with van der Waals surface area (Å²) in [5.74, 6) is -0.636. The fourth-order valence-corrected chi connectivity index (χ4v) is 5.39. The van der Waals surface area contributed by atoms with Crippen molar-refractivity contribution in [2.24, 2.45) is 5.92 Å². The Labute approximate surface area is 208 Å². The molecule has 186 valence electrons. The summed E-state index contributed by atoms with van der Waals surface area (Å²) in [6.45, 7) is 3.52. The van der Waals surface area contributed by atoms with Gasteiger partial charge in [0.25, 0.3) is 5.91 Å². The van der Waals surface area contributed by atoms with E-state index in [4.69, 9.17) is 4.74 Å². The number of amides is 4. The highest BCUT2D eigenvalue weighted by Gasteiger charge is 2.52. The molecule has 0 unspecified atom stereocenters. The number of benzene rings is 1. The van der Waals surface area contributed by atoms with Crippen LogP contribution in [0.1, 0.15) is 55.3 Å². The number of anilines is 1. The Bertz CT molecular complexity index is 1120. The molecule has 10 heteroatoms. The van der Waals surface area contributed by atoms with Crippen molar-refractivity contribution >= 4 is 40.8 Å². The molecule has 0 bridgehead atoms. The number of hydrogen-bond donors (Lipinski definition) is 2. The first kappa shape index (κ1) is 24.8. The van der Waals surface area contributed by atoms with Crippen molar-refractivity contribution in [2.45, 2.75) is 64.5 Å². The number of hydrogen-bond acceptors (Lipinski definition) is 7. The zero-order chi connectivity index (χ0) is 25.0. The Morgan fingerprint density at radius 3 is 2.71 bits per heavy atom. The number of carbonyl (C=O) groups excluding carboxylic acids is 4. The Morgan fingerprint density at radius 1 is 1.26 bits per heavy atom. The third-order valence-corrected chi connectivity index (χ3v) is 7.68. The minimum absolute atomic E-state index is 0.0955. The molecule has 1 saturated heterocycles. The number of urea groups is 1. The van der Waals surface area contributed by atoms with Gasteiger partial charge < -0.3 is 15.4 Å². The standard InChI is InChI=1S/C25H30N4O5S/c1-3-17-8-10-25(11-9-17)23(32)29(24(33)28-25)13-22(31)34-14-18-15-35-21(26-18)12-20(30)27-19-7-5-4-6-16(19)2/h4-7,15,17H,3,8-14H2,1-2H3,(H,27,30)(H,28,33). The van der Waals surface area contributed by atoms with E-state index in [2.05, 4.69) is 22.5 Å². The molecule has 1 saturated carbocycles. The molecule has 2 fully saturated rings. The Hall–Kier alpha value is -3.27. The van der Waals surface area contributed by atoms with Crippen LogP contribution in [0.2, 0.25) is 0 Å². The molecule has 1 aliphatic carbocycles. The van der Waals surface area contributed by atoms with Crippen molar-refractivity contribution in [3.8, 4) is 0 Å². The van der Waals surface area contributed by atoms with Crippen molar-refractivity contribution in [1.29, 1.82) is 0 Å². The molecule has 0 atom stereocenters. The minimum Gasteiger partial charge on any atom is -0.458 e. The normalized spacial score (nSPS) is 21.8. The number of thiazole rings is 1. The van der Waals surface area contributed by atoms with Crippen molar-refractivity contribution in [3.05, 3.63) is 45.9 Å². The van der Waals surface area contributed by atoms with Crippen LogP contribution < -0.4 is 10.6 Å². The highest BCUT2D eigenvalue weighted by Crippen LogP contribution is 2.37. The van der Waals surface area contributed by atoms with Gasteiger partial charge in [0.05, 0.1) is 12.1 Å². The number of ether oxygens (including phenoxy) is 1. The number of para-hydroxylation sites is 1. The summed E-state index contributed by atoms with van der Waals surface area (Å²) in [6.07, 6.45) is 4.13. The second-order valence-corrected chi connectivity index (χ2v) is 10.1. The van der Waals surface area contributed by atoms with Crippen LogP contribution in [0.3, 0.4) is 0 Å². The lowest BCUT2D eigenvalue weighted by molar-refractivity contribution is -0.149. The van der Waals surface area contributed by atoms with Gasteiger partial charge in [-0.1, -0.05) is 31.5 Å². The monoisotopic (exact) mass is 498 g/mol. The summed E-state index contributed by atoms with van der Waals surface area (Å²) in [5.41, 5.74) is 1.35. The van der Waals surface area contributed by atoms with E-state index < -0.39 is 24.1 Å². The summed E-state index contributed by atoms with van der Waals surface area (Å²) in [6, 6.07) is 6.97. The predicted molar refractivity (Wildman–Crippen MR) is 131 cm³/mol. The molecule has 2 heterocycles. The highest BCUT2D eigenvalue weighted by atomic mass is 32.1. The summed E-state index contributed by atoms with van der Waals surface area (Å²) in [7, 11) is 0. The molecule has 9 nitrogen and oxygen atoms in total. The van der Waals surface area contributed by atoms with E-state index in [-0.39, 0.29) is 24.8 Å². The first-order chi connectivity index (χ1) is 16.8. The topological polar surface area (TPSA) is 118 Å². The Kier molecular flexibility index (Phi) is 7.49. The molecule has 2 aromatic rings. The molecular formula is C25H30N4O5S. The summed E-state index contributed by atoms with van der Waals surface area (Å²) in [5, 5.41) is 8.00. The number of esters is 1. The van der Waals surface area contributed by atoms with Gasteiger partial charge >= 0.3 is 12.0 Å². The van der Waals surface area contributed by atoms with Crippen LogP contribution in [0.4, 0.5) is 10.5 Å². The number of rotatable bonds is 8. The molecule has 1 aromatic carbocycles. The average Bonchev–Trinajstić information content (AvgIpc) is 3.37. The third kappa shape index (κ3) is 5.70. The molecule has 1 aliphatic heterocycles. The van der Waals surface area contributed by atoms with Gasteiger partial charge in [-0.05, 0) is 50.2 Å². The average molecular weight is 499 g/mol. The smallest absolute Gasteiger partial charge is 0.326 e. The largest absolute Gasteiger partial charge is 0.458 e. The second-order valence-electron chi connectivity index (χ2n) is 9.19. The number of nitrogens with one attached hydrogen (secondary N) is 2. The van der Waals surface area contributed by atoms with Crippen molar-refractivity contribution in [3.63, 3.8) is 0 Å². The van der Waals surface area contributed by atoms with Gasteiger partial charge in [0, 0.05) is 11.1 Å². The molecule has 4 rings (SSSR count). The van der Waals surface area contributed by atoms with E-state index in [0.29, 0.717) is 29.5 Å². The van der Waals surface area contributed by atoms with Gasteiger partial charge in [-0.25, -0.2) is 9.78 Å². The Balaban J connectivity index is 1.25. The maximum absolute atomic E-state index is 12.9. The lowest BCUT2D eigenvalue weighted by atomic mass is 9.75. The van der Waals surface area contributed by atoms with E-state index in [1.807, 2.05) is 31.2 Å². The number of nitrogens with zero attached hydrogens (tertiary/aromatic N) is 2. The van der Waals surface area contributed by atoms with Gasteiger partial charge in [-0.15, -0.1) is 11.3 Å². The number of aromatic nitrogens is 1. The van der Waals surface area contributed by atoms with Crippen molar-refractivity contribution in [1.82, 2.24) is 15.2 Å². The third-order valence-electron chi connectivity index (χ3n) is 6.78. The van der Waals surface area contributed by atoms with Crippen LogP contribution in [-0.2, 0) is 32.1 Å². The number of aryl methyl sites for hydroxylation is 1. The van der Waals surface area contributed by atoms with E-state index in [9.17, 15) is 19.2 Å². The van der Waals surface area contributed by atoms with Gasteiger partial charge in [-0.2, -0.15) is 0 Å². The predicted octanol–water partition coefficient (Wildman–Crippen LogP) is 3.57. The lowest BCUT2D eigenvalue weighted by Gasteiger charge is -2.34. The van der Waals surface area contributed by atoms with E-state index >= 15 is 0 Å². The summed E-state index contributed by atoms with van der Waals surface area (Å²) < 4.78 is 5.26. The lowest BCUT2D eigenvalue weighted by Crippen LogP contribution is -2.49. The van der Waals surface area contributed by atoms with E-state index in [1.54, 1.807) is 5.38 Å². The zero-order valence-electron chi connectivity index (χ0n) is 20.0. The van der Waals surface area contributed by atoms with Gasteiger partial charge in [0.1, 0.15) is 23.7 Å². The van der Waals surface area contributed by atoms with Gasteiger partial charge in [-0.3, -0.25) is 19.3 Å². The highest BCUT2D eigenvalue weighted by molar-refractivity contribution is 7.09. The molecular weight excluding hydrogens is 468 g/mol. The van der Waals surface area contributed by atoms with Crippen LogP contribution in [0.25, 0.3) is 0 Å². The van der Waals surface area contributed by atoms with Crippen LogP contribution in [-0.4, -0.2) is 45.8 Å². The second kappa shape index (κ2) is 10.6. The molecule has 2 aliphatic rings. The number of carbonyl (C=O) groups is 4. The maximum Gasteiger partial charge on any atom is 0.326 e. The molecule has 0 radical (unpaired) electrons. The van der Waals surface area contributed by atoms with Gasteiger partial charge in [0.15, 0.2) is 0 Å². The fraction of sp³-hybridized carbons (Fsp3) is 0.480. The van der Waals surface area contributed by atoms with E-state index in [0.717, 1.165) is 35.4 Å². The van der Waals surface area contributed by atoms with E-state index in [1.165, 1.54) is 11.3 Å². The first-order valence-corrected chi connectivity index (χ1v) is 12.8. The van der Waals surface area contributed by atoms with Crippen LogP contribution >= 0.6 is 11.3 Å². The number of imide groups is 1. The van der Waals surface area contributed by atoms with Crippen molar-refractivity contribution in [2.75, 3.05) is 11.9 Å². The summed E-state index contributed by atoms with van der Waals surface area (Å²) >= 11 is 1.30. The van der Waals surface area contributed by atoms with Crippen LogP contribution in [0.5, 0.6) is 0 Å². The molecule has 35 heavy (non-hydrogen) atoms. The van der Waals surface area contributed by atoms with Crippen LogP contribution in [0, 0.1) is 12.8 Å². The Morgan fingerprint density at radius 2 is 2.00 bits per heavy atom. The molecule has 1 spiro atoms. The fourth-order valence-electron chi connectivity index (χ4n) is 4.61. The molecule has 4 amide bonds. The van der Waals surface area contributed by atoms with Gasteiger partial charge in [0.2, 0.25) is 5.91 Å². The zero-order valence-corrected chi connectivity index (χ0v) is 20.8. The summed E-state index contributed by atoms with van der Waals surface area (Å²) in [4.78, 5) is 55.4. The molecule has 1 aromatic heterocycles. The minimum atomic E-state index is -0.883. The van der Waals surface area contributed by atoms with Crippen molar-refractivity contribution < 1.29 is 23.9 Å². The molecule has 2 N–H and O–H groups in total.